The van der Waals surface area contributed by atoms with Gasteiger partial charge in [-0.1, -0.05) is 13.0 Å². The number of amides is 2. The molecule has 1 aromatic carbocycles. The Morgan fingerprint density at radius 2 is 1.86 bits per heavy atom. The molecular weight excluding hydrogens is 282 g/mol. The van der Waals surface area contributed by atoms with Gasteiger partial charge in [-0.05, 0) is 24.6 Å². The fraction of sp³-hybridized carbons (Fsp3) is 0.500. The van der Waals surface area contributed by atoms with Crippen molar-refractivity contribution in [2.24, 2.45) is 5.73 Å². The Morgan fingerprint density at radius 1 is 1.23 bits per heavy atom. The van der Waals surface area contributed by atoms with Gasteiger partial charge in [0, 0.05) is 43.9 Å². The highest BCUT2D eigenvalue weighted by Crippen LogP contribution is 2.11. The standard InChI is InChI=1S/C16H23N3O3/c1-2-14(20)11-18-6-8-19(9-7-18)16(22)13-5-3-4-12(10-13)15(17)21/h3-5,10,14,20H,2,6-9,11H2,1H3,(H2,17,21)/t14-/m0/s1. The summed E-state index contributed by atoms with van der Waals surface area (Å²) in [6.45, 7) is 5.34. The minimum atomic E-state index is -0.534. The lowest BCUT2D eigenvalue weighted by Crippen LogP contribution is -2.50. The highest BCUT2D eigenvalue weighted by atomic mass is 16.3. The lowest BCUT2D eigenvalue weighted by molar-refractivity contribution is 0.0523. The van der Waals surface area contributed by atoms with Crippen molar-refractivity contribution in [1.29, 1.82) is 0 Å². The number of nitrogens with zero attached hydrogens (tertiary/aromatic N) is 2. The molecule has 0 unspecified atom stereocenters. The quantitative estimate of drug-likeness (QED) is 0.820. The molecule has 0 saturated carbocycles. The van der Waals surface area contributed by atoms with Gasteiger partial charge in [-0.25, -0.2) is 0 Å². The van der Waals surface area contributed by atoms with E-state index in [0.29, 0.717) is 30.8 Å². The van der Waals surface area contributed by atoms with Crippen molar-refractivity contribution in [3.8, 4) is 0 Å². The van der Waals surface area contributed by atoms with Crippen molar-refractivity contribution in [3.63, 3.8) is 0 Å². The number of nitrogens with two attached hydrogens (primary N) is 1. The molecule has 1 aliphatic rings. The van der Waals surface area contributed by atoms with Crippen molar-refractivity contribution < 1.29 is 14.7 Å². The summed E-state index contributed by atoms with van der Waals surface area (Å²) in [5, 5.41) is 9.68. The molecule has 1 aromatic rings. The van der Waals surface area contributed by atoms with E-state index in [1.54, 1.807) is 23.1 Å². The molecule has 120 valence electrons. The molecule has 0 aromatic heterocycles. The molecule has 0 bridgehead atoms. The second kappa shape index (κ2) is 7.38. The Kier molecular flexibility index (Phi) is 5.51. The van der Waals surface area contributed by atoms with E-state index in [1.807, 2.05) is 6.92 Å². The summed E-state index contributed by atoms with van der Waals surface area (Å²) in [6.07, 6.45) is 0.425. The third-order valence-corrected chi connectivity index (χ3v) is 3.99. The molecule has 1 fully saturated rings. The Bertz CT molecular complexity index is 539. The average molecular weight is 305 g/mol. The van der Waals surface area contributed by atoms with E-state index in [9.17, 15) is 14.7 Å². The zero-order chi connectivity index (χ0) is 16.1. The molecule has 0 radical (unpaired) electrons. The van der Waals surface area contributed by atoms with E-state index in [-0.39, 0.29) is 12.0 Å². The average Bonchev–Trinajstić information content (AvgIpc) is 2.55. The second-order valence-corrected chi connectivity index (χ2v) is 5.60. The van der Waals surface area contributed by atoms with E-state index in [0.717, 1.165) is 19.5 Å². The molecule has 2 rings (SSSR count). The van der Waals surface area contributed by atoms with E-state index in [2.05, 4.69) is 4.90 Å². The summed E-state index contributed by atoms with van der Waals surface area (Å²) in [7, 11) is 0. The van der Waals surface area contributed by atoms with Crippen molar-refractivity contribution in [2.75, 3.05) is 32.7 Å². The predicted octanol–water partition coefficient (Wildman–Crippen LogP) is 0.314. The van der Waals surface area contributed by atoms with E-state index >= 15 is 0 Å². The molecule has 1 atom stereocenters. The summed E-state index contributed by atoms with van der Waals surface area (Å²) in [4.78, 5) is 27.6. The minimum absolute atomic E-state index is 0.0845. The summed E-state index contributed by atoms with van der Waals surface area (Å²) in [6, 6.07) is 6.50. The summed E-state index contributed by atoms with van der Waals surface area (Å²) >= 11 is 0. The highest BCUT2D eigenvalue weighted by molar-refractivity contribution is 5.99. The summed E-state index contributed by atoms with van der Waals surface area (Å²) in [5.41, 5.74) is 6.07. The SMILES string of the molecule is CC[C@H](O)CN1CCN(C(=O)c2cccc(C(N)=O)c2)CC1. The van der Waals surface area contributed by atoms with Crippen molar-refractivity contribution in [2.45, 2.75) is 19.4 Å². The number of benzene rings is 1. The fourth-order valence-electron chi connectivity index (χ4n) is 2.55. The first-order chi connectivity index (χ1) is 10.5. The van der Waals surface area contributed by atoms with E-state index in [1.165, 1.54) is 6.07 Å². The first kappa shape index (κ1) is 16.5. The van der Waals surface area contributed by atoms with Crippen LogP contribution in [0, 0.1) is 0 Å². The molecule has 6 heteroatoms. The molecule has 0 spiro atoms. The van der Waals surface area contributed by atoms with Gasteiger partial charge in [0.05, 0.1) is 6.10 Å². The Labute approximate surface area is 130 Å². The number of carbonyl (C=O) groups excluding carboxylic acids is 2. The topological polar surface area (TPSA) is 86.9 Å². The van der Waals surface area contributed by atoms with Crippen LogP contribution in [0.1, 0.15) is 34.1 Å². The molecular formula is C16H23N3O3. The van der Waals surface area contributed by atoms with Gasteiger partial charge in [-0.15, -0.1) is 0 Å². The van der Waals surface area contributed by atoms with Crippen LogP contribution in [0.25, 0.3) is 0 Å². The number of aliphatic hydroxyl groups excluding tert-OH is 1. The largest absolute Gasteiger partial charge is 0.392 e. The van der Waals surface area contributed by atoms with Crippen LogP contribution in [-0.2, 0) is 0 Å². The van der Waals surface area contributed by atoms with E-state index < -0.39 is 5.91 Å². The van der Waals surface area contributed by atoms with Crippen LogP contribution in [0.3, 0.4) is 0 Å². The van der Waals surface area contributed by atoms with Gasteiger partial charge in [0.25, 0.3) is 5.91 Å². The van der Waals surface area contributed by atoms with Gasteiger partial charge in [-0.2, -0.15) is 0 Å². The number of hydrogen-bond acceptors (Lipinski definition) is 4. The van der Waals surface area contributed by atoms with Crippen LogP contribution in [0.15, 0.2) is 24.3 Å². The minimum Gasteiger partial charge on any atom is -0.392 e. The number of β-amino-alcohol motifs (C(OH)–C–C–N with tert-alkyl or cyclic N) is 1. The van der Waals surface area contributed by atoms with Crippen LogP contribution >= 0.6 is 0 Å². The van der Waals surface area contributed by atoms with Gasteiger partial charge < -0.3 is 15.7 Å². The fourth-order valence-corrected chi connectivity index (χ4v) is 2.55. The summed E-state index contributed by atoms with van der Waals surface area (Å²) < 4.78 is 0. The van der Waals surface area contributed by atoms with Crippen LogP contribution in [0.4, 0.5) is 0 Å². The number of rotatable bonds is 5. The lowest BCUT2D eigenvalue weighted by Gasteiger charge is -2.35. The molecule has 22 heavy (non-hydrogen) atoms. The first-order valence-corrected chi connectivity index (χ1v) is 7.60. The smallest absolute Gasteiger partial charge is 0.253 e. The number of piperazine rings is 1. The van der Waals surface area contributed by atoms with Gasteiger partial charge in [0.15, 0.2) is 0 Å². The number of primary amides is 1. The molecule has 1 heterocycles. The third kappa shape index (κ3) is 4.05. The van der Waals surface area contributed by atoms with Gasteiger partial charge >= 0.3 is 0 Å². The van der Waals surface area contributed by atoms with Crippen molar-refractivity contribution >= 4 is 11.8 Å². The zero-order valence-corrected chi connectivity index (χ0v) is 12.9. The van der Waals surface area contributed by atoms with Crippen LogP contribution < -0.4 is 5.73 Å². The number of carbonyl (C=O) groups is 2. The maximum Gasteiger partial charge on any atom is 0.253 e. The normalized spacial score (nSPS) is 17.3. The molecule has 1 aliphatic heterocycles. The summed E-state index contributed by atoms with van der Waals surface area (Å²) in [5.74, 6) is -0.619. The maximum atomic E-state index is 12.5. The van der Waals surface area contributed by atoms with Crippen molar-refractivity contribution in [3.05, 3.63) is 35.4 Å². The Hall–Kier alpha value is -1.92. The van der Waals surface area contributed by atoms with Crippen LogP contribution in [-0.4, -0.2) is 65.5 Å². The maximum absolute atomic E-state index is 12.5. The van der Waals surface area contributed by atoms with E-state index in [4.69, 9.17) is 5.73 Å². The van der Waals surface area contributed by atoms with Gasteiger partial charge in [0.2, 0.25) is 5.91 Å². The Balaban J connectivity index is 1.95. The number of aliphatic hydroxyl groups is 1. The zero-order valence-electron chi connectivity index (χ0n) is 12.9. The lowest BCUT2D eigenvalue weighted by atomic mass is 10.1. The molecule has 6 nitrogen and oxygen atoms in total. The first-order valence-electron chi connectivity index (χ1n) is 7.60. The van der Waals surface area contributed by atoms with Gasteiger partial charge in [0.1, 0.15) is 0 Å². The Morgan fingerprint density at radius 3 is 2.45 bits per heavy atom. The highest BCUT2D eigenvalue weighted by Gasteiger charge is 2.23. The molecule has 0 aliphatic carbocycles. The monoisotopic (exact) mass is 305 g/mol. The number of hydrogen-bond donors (Lipinski definition) is 2. The molecule has 3 N–H and O–H groups in total. The predicted molar refractivity (Wildman–Crippen MR) is 83.6 cm³/mol. The van der Waals surface area contributed by atoms with Crippen molar-refractivity contribution in [1.82, 2.24) is 9.80 Å². The second-order valence-electron chi connectivity index (χ2n) is 5.60. The van der Waals surface area contributed by atoms with Crippen LogP contribution in [0.5, 0.6) is 0 Å². The van der Waals surface area contributed by atoms with Gasteiger partial charge in [-0.3, -0.25) is 14.5 Å². The van der Waals surface area contributed by atoms with Crippen LogP contribution in [0.2, 0.25) is 0 Å². The molecule has 2 amide bonds. The third-order valence-electron chi connectivity index (χ3n) is 3.99. The molecule has 1 saturated heterocycles.